The second-order valence-corrected chi connectivity index (χ2v) is 7.28. The molecule has 146 valence electrons. The van der Waals surface area contributed by atoms with E-state index in [1.54, 1.807) is 20.4 Å². The SMILES string of the molecule is COc1ccc(Nc2nncc(Nc3ccccc3C(C)(C)C)n2)cc1OC. The van der Waals surface area contributed by atoms with E-state index in [1.807, 2.05) is 36.4 Å². The van der Waals surface area contributed by atoms with E-state index < -0.39 is 0 Å². The summed E-state index contributed by atoms with van der Waals surface area (Å²) in [5.41, 5.74) is 2.97. The average molecular weight is 379 g/mol. The largest absolute Gasteiger partial charge is 0.493 e. The van der Waals surface area contributed by atoms with Gasteiger partial charge >= 0.3 is 0 Å². The minimum atomic E-state index is 0.00474. The smallest absolute Gasteiger partial charge is 0.249 e. The van der Waals surface area contributed by atoms with E-state index in [2.05, 4.69) is 52.7 Å². The zero-order chi connectivity index (χ0) is 20.1. The number of hydrogen-bond acceptors (Lipinski definition) is 7. The van der Waals surface area contributed by atoms with Crippen LogP contribution in [0.2, 0.25) is 0 Å². The molecule has 0 aliphatic heterocycles. The molecule has 1 aromatic heterocycles. The monoisotopic (exact) mass is 379 g/mol. The Balaban J connectivity index is 1.82. The molecule has 0 spiro atoms. The van der Waals surface area contributed by atoms with Gasteiger partial charge in [0.25, 0.3) is 0 Å². The van der Waals surface area contributed by atoms with Crippen molar-refractivity contribution in [1.29, 1.82) is 0 Å². The molecule has 1 heterocycles. The lowest BCUT2D eigenvalue weighted by Gasteiger charge is -2.23. The molecule has 3 rings (SSSR count). The van der Waals surface area contributed by atoms with Crippen LogP contribution in [-0.4, -0.2) is 29.4 Å². The number of nitrogens with zero attached hydrogens (tertiary/aromatic N) is 3. The van der Waals surface area contributed by atoms with Crippen LogP contribution in [0.1, 0.15) is 26.3 Å². The Kier molecular flexibility index (Phi) is 5.63. The van der Waals surface area contributed by atoms with Crippen molar-refractivity contribution in [2.45, 2.75) is 26.2 Å². The van der Waals surface area contributed by atoms with E-state index in [0.29, 0.717) is 23.3 Å². The predicted molar refractivity (Wildman–Crippen MR) is 111 cm³/mol. The molecule has 28 heavy (non-hydrogen) atoms. The number of ether oxygens (including phenoxy) is 2. The van der Waals surface area contributed by atoms with Crippen molar-refractivity contribution in [2.24, 2.45) is 0 Å². The maximum atomic E-state index is 5.33. The van der Waals surface area contributed by atoms with Crippen molar-refractivity contribution in [2.75, 3.05) is 24.9 Å². The maximum Gasteiger partial charge on any atom is 0.249 e. The first-order valence-electron chi connectivity index (χ1n) is 8.96. The Bertz CT molecular complexity index is 954. The van der Waals surface area contributed by atoms with Crippen molar-refractivity contribution >= 4 is 23.1 Å². The third-order valence-corrected chi connectivity index (χ3v) is 4.20. The lowest BCUT2D eigenvalue weighted by molar-refractivity contribution is 0.355. The van der Waals surface area contributed by atoms with E-state index in [-0.39, 0.29) is 5.41 Å². The highest BCUT2D eigenvalue weighted by molar-refractivity contribution is 5.64. The van der Waals surface area contributed by atoms with Gasteiger partial charge in [0.1, 0.15) is 0 Å². The summed E-state index contributed by atoms with van der Waals surface area (Å²) in [7, 11) is 3.19. The van der Waals surface area contributed by atoms with Gasteiger partial charge in [-0.05, 0) is 29.2 Å². The zero-order valence-corrected chi connectivity index (χ0v) is 16.8. The highest BCUT2D eigenvalue weighted by atomic mass is 16.5. The summed E-state index contributed by atoms with van der Waals surface area (Å²) in [6.45, 7) is 6.53. The molecule has 0 amide bonds. The molecule has 0 fully saturated rings. The molecule has 7 heteroatoms. The lowest BCUT2D eigenvalue weighted by atomic mass is 9.86. The number of anilines is 4. The van der Waals surface area contributed by atoms with Crippen molar-refractivity contribution in [3.63, 3.8) is 0 Å². The van der Waals surface area contributed by atoms with E-state index in [0.717, 1.165) is 11.4 Å². The van der Waals surface area contributed by atoms with Gasteiger partial charge in [0, 0.05) is 17.4 Å². The number of aromatic nitrogens is 3. The van der Waals surface area contributed by atoms with E-state index in [1.165, 1.54) is 5.56 Å². The maximum absolute atomic E-state index is 5.33. The molecule has 0 aliphatic carbocycles. The van der Waals surface area contributed by atoms with Crippen LogP contribution < -0.4 is 20.1 Å². The van der Waals surface area contributed by atoms with Gasteiger partial charge in [-0.2, -0.15) is 10.1 Å². The standard InChI is InChI=1S/C21H25N5O2/c1-21(2,3)15-8-6-7-9-16(15)24-19-13-22-26-20(25-19)23-14-10-11-17(27-4)18(12-14)28-5/h6-13H,1-5H3,(H2,23,24,25,26). The summed E-state index contributed by atoms with van der Waals surface area (Å²) in [6, 6.07) is 13.7. The van der Waals surface area contributed by atoms with Crippen molar-refractivity contribution in [3.05, 3.63) is 54.2 Å². The molecular weight excluding hydrogens is 354 g/mol. The number of rotatable bonds is 6. The fraction of sp³-hybridized carbons (Fsp3) is 0.286. The number of methoxy groups -OCH3 is 2. The minimum Gasteiger partial charge on any atom is -0.493 e. The summed E-state index contributed by atoms with van der Waals surface area (Å²) in [4.78, 5) is 4.52. The highest BCUT2D eigenvalue weighted by Gasteiger charge is 2.18. The highest BCUT2D eigenvalue weighted by Crippen LogP contribution is 2.32. The van der Waals surface area contributed by atoms with Crippen molar-refractivity contribution < 1.29 is 9.47 Å². The van der Waals surface area contributed by atoms with Gasteiger partial charge in [0.15, 0.2) is 17.3 Å². The second-order valence-electron chi connectivity index (χ2n) is 7.28. The molecule has 0 radical (unpaired) electrons. The summed E-state index contributed by atoms with van der Waals surface area (Å²) >= 11 is 0. The van der Waals surface area contributed by atoms with Gasteiger partial charge in [0.05, 0.1) is 20.4 Å². The Hall–Kier alpha value is -3.35. The van der Waals surface area contributed by atoms with E-state index in [4.69, 9.17) is 9.47 Å². The topological polar surface area (TPSA) is 81.2 Å². The van der Waals surface area contributed by atoms with Crippen LogP contribution in [0.4, 0.5) is 23.1 Å². The van der Waals surface area contributed by atoms with Gasteiger partial charge in [-0.1, -0.05) is 39.0 Å². The molecule has 2 N–H and O–H groups in total. The molecular formula is C21H25N5O2. The molecule has 3 aromatic rings. The van der Waals surface area contributed by atoms with Gasteiger partial charge < -0.3 is 20.1 Å². The van der Waals surface area contributed by atoms with Gasteiger partial charge in [0.2, 0.25) is 5.95 Å². The summed E-state index contributed by atoms with van der Waals surface area (Å²) in [5.74, 6) is 2.26. The van der Waals surface area contributed by atoms with Crippen LogP contribution in [0.3, 0.4) is 0 Å². The number of para-hydroxylation sites is 1. The van der Waals surface area contributed by atoms with Gasteiger partial charge in [-0.25, -0.2) is 0 Å². The van der Waals surface area contributed by atoms with Crippen LogP contribution >= 0.6 is 0 Å². The third kappa shape index (κ3) is 4.49. The second kappa shape index (κ2) is 8.12. The molecule has 0 aliphatic rings. The molecule has 0 saturated carbocycles. The van der Waals surface area contributed by atoms with Crippen LogP contribution in [0.5, 0.6) is 11.5 Å². The third-order valence-electron chi connectivity index (χ3n) is 4.20. The minimum absolute atomic E-state index is 0.00474. The summed E-state index contributed by atoms with van der Waals surface area (Å²) in [5, 5.41) is 14.6. The van der Waals surface area contributed by atoms with E-state index >= 15 is 0 Å². The van der Waals surface area contributed by atoms with Crippen molar-refractivity contribution in [1.82, 2.24) is 15.2 Å². The predicted octanol–water partition coefficient (Wildman–Crippen LogP) is 4.67. The molecule has 2 aromatic carbocycles. The van der Waals surface area contributed by atoms with Crippen LogP contribution in [0.25, 0.3) is 0 Å². The fourth-order valence-corrected chi connectivity index (χ4v) is 2.84. The fourth-order valence-electron chi connectivity index (χ4n) is 2.84. The molecule has 0 unspecified atom stereocenters. The number of benzene rings is 2. The number of nitrogens with one attached hydrogen (secondary N) is 2. The van der Waals surface area contributed by atoms with Crippen molar-refractivity contribution in [3.8, 4) is 11.5 Å². The van der Waals surface area contributed by atoms with Gasteiger partial charge in [-0.3, -0.25) is 0 Å². The summed E-state index contributed by atoms with van der Waals surface area (Å²) in [6.07, 6.45) is 1.60. The first kappa shape index (κ1) is 19.4. The van der Waals surface area contributed by atoms with Crippen LogP contribution in [0.15, 0.2) is 48.7 Å². The zero-order valence-electron chi connectivity index (χ0n) is 16.8. The molecule has 7 nitrogen and oxygen atoms in total. The Morgan fingerprint density at radius 1 is 0.893 bits per heavy atom. The average Bonchev–Trinajstić information content (AvgIpc) is 2.68. The van der Waals surface area contributed by atoms with E-state index in [9.17, 15) is 0 Å². The molecule has 0 bridgehead atoms. The quantitative estimate of drug-likeness (QED) is 0.644. The first-order chi connectivity index (χ1) is 13.4. The van der Waals surface area contributed by atoms with Gasteiger partial charge in [-0.15, -0.1) is 5.10 Å². The summed E-state index contributed by atoms with van der Waals surface area (Å²) < 4.78 is 10.6. The normalized spacial score (nSPS) is 11.0. The number of hydrogen-bond donors (Lipinski definition) is 2. The molecule has 0 saturated heterocycles. The Labute approximate surface area is 165 Å². The lowest BCUT2D eigenvalue weighted by Crippen LogP contribution is -2.14. The first-order valence-corrected chi connectivity index (χ1v) is 8.96. The Morgan fingerprint density at radius 3 is 2.36 bits per heavy atom. The molecule has 0 atom stereocenters. The Morgan fingerprint density at radius 2 is 1.64 bits per heavy atom. The van der Waals surface area contributed by atoms with Crippen LogP contribution in [0, 0.1) is 0 Å². The van der Waals surface area contributed by atoms with Crippen LogP contribution in [-0.2, 0) is 5.41 Å².